The number of para-hydroxylation sites is 1. The fourth-order valence-electron chi connectivity index (χ4n) is 3.66. The summed E-state index contributed by atoms with van der Waals surface area (Å²) in [6, 6.07) is 18.2. The first kappa shape index (κ1) is 24.8. The van der Waals surface area contributed by atoms with Gasteiger partial charge in [0.1, 0.15) is 29.6 Å². The van der Waals surface area contributed by atoms with Crippen molar-refractivity contribution in [2.75, 3.05) is 5.32 Å². The number of carbonyl (C=O) groups excluding carboxylic acids is 1. The highest BCUT2D eigenvalue weighted by atomic mass is 35.5. The number of hydrogen-bond acceptors (Lipinski definition) is 6. The molecule has 0 saturated carbocycles. The molecule has 4 rings (SSSR count). The van der Waals surface area contributed by atoms with E-state index in [-0.39, 0.29) is 29.5 Å². The summed E-state index contributed by atoms with van der Waals surface area (Å²) in [4.78, 5) is 23.7. The van der Waals surface area contributed by atoms with E-state index >= 15 is 0 Å². The zero-order chi connectivity index (χ0) is 25.8. The van der Waals surface area contributed by atoms with Crippen LogP contribution in [0.15, 0.2) is 71.1 Å². The lowest BCUT2D eigenvalue weighted by Gasteiger charge is -2.10. The molecular weight excluding hydrogens is 484 g/mol. The molecule has 0 saturated heterocycles. The van der Waals surface area contributed by atoms with E-state index in [1.807, 2.05) is 51.1 Å². The molecule has 184 valence electrons. The molecular formula is C27H23ClN2O6. The Hall–Kier alpha value is -4.30. The number of halogens is 1. The molecule has 8 nitrogen and oxygen atoms in total. The van der Waals surface area contributed by atoms with Crippen molar-refractivity contribution in [1.29, 1.82) is 0 Å². The van der Waals surface area contributed by atoms with Crippen molar-refractivity contribution in [1.82, 2.24) is 0 Å². The number of rotatable bonds is 8. The zero-order valence-corrected chi connectivity index (χ0v) is 20.6. The molecule has 0 bridgehead atoms. The third-order valence-corrected chi connectivity index (χ3v) is 5.50. The number of nitrogens with zero attached hydrogens (tertiary/aromatic N) is 1. The van der Waals surface area contributed by atoms with Crippen LogP contribution >= 0.6 is 11.6 Å². The number of nitro groups is 1. The Labute approximate surface area is 212 Å². The Bertz CT molecular complexity index is 1410. The van der Waals surface area contributed by atoms with Gasteiger partial charge in [0.15, 0.2) is 5.76 Å². The van der Waals surface area contributed by atoms with Crippen LogP contribution in [0.1, 0.15) is 33.0 Å². The standard InChI is InChI=1S/C27H23ClN2O6/c1-16-9-17(2)11-22(10-16)35-23-13-19(12-20(14-23)30(32)33)29-27(31)25-8-7-21(36-25)15-34-26-18(3)5-4-6-24(26)28/h4-14H,15H2,1-3H3,(H,29,31). The zero-order valence-electron chi connectivity index (χ0n) is 19.8. The lowest BCUT2D eigenvalue weighted by molar-refractivity contribution is -0.384. The van der Waals surface area contributed by atoms with Gasteiger partial charge < -0.3 is 19.2 Å². The number of furan rings is 1. The summed E-state index contributed by atoms with van der Waals surface area (Å²) < 4.78 is 17.2. The molecule has 36 heavy (non-hydrogen) atoms. The molecule has 0 aliphatic heterocycles. The maximum Gasteiger partial charge on any atom is 0.291 e. The quantitative estimate of drug-likeness (QED) is 0.197. The Kier molecular flexibility index (Phi) is 7.26. The van der Waals surface area contributed by atoms with E-state index in [0.29, 0.717) is 22.3 Å². The van der Waals surface area contributed by atoms with Crippen LogP contribution in [0.4, 0.5) is 11.4 Å². The monoisotopic (exact) mass is 506 g/mol. The predicted octanol–water partition coefficient (Wildman–Crippen LogP) is 7.39. The maximum atomic E-state index is 12.8. The Morgan fingerprint density at radius 3 is 2.42 bits per heavy atom. The first-order chi connectivity index (χ1) is 17.2. The summed E-state index contributed by atoms with van der Waals surface area (Å²) in [6.45, 7) is 5.80. The molecule has 1 N–H and O–H groups in total. The molecule has 1 amide bonds. The van der Waals surface area contributed by atoms with Gasteiger partial charge in [-0.3, -0.25) is 14.9 Å². The minimum Gasteiger partial charge on any atom is -0.484 e. The van der Waals surface area contributed by atoms with Crippen LogP contribution in [-0.4, -0.2) is 10.8 Å². The van der Waals surface area contributed by atoms with E-state index in [2.05, 4.69) is 5.32 Å². The lowest BCUT2D eigenvalue weighted by atomic mass is 10.1. The number of hydrogen-bond donors (Lipinski definition) is 1. The van der Waals surface area contributed by atoms with Crippen molar-refractivity contribution in [3.63, 3.8) is 0 Å². The average molecular weight is 507 g/mol. The van der Waals surface area contributed by atoms with Crippen molar-refractivity contribution in [2.45, 2.75) is 27.4 Å². The molecule has 0 fully saturated rings. The fourth-order valence-corrected chi connectivity index (χ4v) is 3.94. The molecule has 0 radical (unpaired) electrons. The number of benzene rings is 3. The predicted molar refractivity (Wildman–Crippen MR) is 136 cm³/mol. The molecule has 0 aliphatic carbocycles. The molecule has 0 spiro atoms. The number of carbonyl (C=O) groups is 1. The molecule has 4 aromatic rings. The van der Waals surface area contributed by atoms with Crippen molar-refractivity contribution in [3.8, 4) is 17.2 Å². The van der Waals surface area contributed by atoms with Crippen LogP contribution < -0.4 is 14.8 Å². The summed E-state index contributed by atoms with van der Waals surface area (Å²) in [5.74, 6) is 1.15. The van der Waals surface area contributed by atoms with E-state index in [9.17, 15) is 14.9 Å². The summed E-state index contributed by atoms with van der Waals surface area (Å²) >= 11 is 6.18. The van der Waals surface area contributed by atoms with Crippen molar-refractivity contribution in [2.24, 2.45) is 0 Å². The summed E-state index contributed by atoms with van der Waals surface area (Å²) in [6.07, 6.45) is 0. The number of amides is 1. The number of nitrogens with one attached hydrogen (secondary N) is 1. The van der Waals surface area contributed by atoms with E-state index < -0.39 is 10.8 Å². The van der Waals surface area contributed by atoms with Gasteiger partial charge in [-0.15, -0.1) is 0 Å². The van der Waals surface area contributed by atoms with Gasteiger partial charge >= 0.3 is 0 Å². The highest BCUT2D eigenvalue weighted by Crippen LogP contribution is 2.31. The van der Waals surface area contributed by atoms with E-state index in [0.717, 1.165) is 16.7 Å². The number of aryl methyl sites for hydroxylation is 3. The normalized spacial score (nSPS) is 10.7. The largest absolute Gasteiger partial charge is 0.484 e. The van der Waals surface area contributed by atoms with Crippen LogP contribution in [0.2, 0.25) is 5.02 Å². The average Bonchev–Trinajstić information content (AvgIpc) is 3.27. The highest BCUT2D eigenvalue weighted by Gasteiger charge is 2.17. The van der Waals surface area contributed by atoms with Gasteiger partial charge in [0.25, 0.3) is 11.6 Å². The lowest BCUT2D eigenvalue weighted by Crippen LogP contribution is -2.11. The van der Waals surface area contributed by atoms with Gasteiger partial charge in [0.05, 0.1) is 21.7 Å². The number of ether oxygens (including phenoxy) is 2. The second-order valence-corrected chi connectivity index (χ2v) is 8.70. The van der Waals surface area contributed by atoms with Crippen molar-refractivity contribution < 1.29 is 23.6 Å². The number of anilines is 1. The highest BCUT2D eigenvalue weighted by molar-refractivity contribution is 6.32. The minimum atomic E-state index is -0.576. The first-order valence-corrected chi connectivity index (χ1v) is 11.4. The topological polar surface area (TPSA) is 104 Å². The Morgan fingerprint density at radius 1 is 1.00 bits per heavy atom. The van der Waals surface area contributed by atoms with Crippen LogP contribution in [0.3, 0.4) is 0 Å². The van der Waals surface area contributed by atoms with Crippen LogP contribution in [0.25, 0.3) is 0 Å². The van der Waals surface area contributed by atoms with Crippen LogP contribution in [0, 0.1) is 30.9 Å². The smallest absolute Gasteiger partial charge is 0.291 e. The van der Waals surface area contributed by atoms with Gasteiger partial charge in [-0.25, -0.2) is 0 Å². The second-order valence-electron chi connectivity index (χ2n) is 8.29. The fraction of sp³-hybridized carbons (Fsp3) is 0.148. The van der Waals surface area contributed by atoms with Crippen LogP contribution in [-0.2, 0) is 6.61 Å². The number of nitro benzene ring substituents is 1. The Balaban J connectivity index is 1.49. The van der Waals surface area contributed by atoms with Gasteiger partial charge in [0.2, 0.25) is 0 Å². The molecule has 1 aromatic heterocycles. The maximum absolute atomic E-state index is 12.8. The molecule has 0 atom stereocenters. The SMILES string of the molecule is Cc1cc(C)cc(Oc2cc(NC(=O)c3ccc(COc4c(C)cccc4Cl)o3)cc([N+](=O)[O-])c2)c1. The number of non-ortho nitro benzene ring substituents is 1. The molecule has 3 aromatic carbocycles. The van der Waals surface area contributed by atoms with Gasteiger partial charge in [-0.2, -0.15) is 0 Å². The minimum absolute atomic E-state index is 0.0211. The van der Waals surface area contributed by atoms with Crippen molar-refractivity contribution >= 4 is 28.9 Å². The van der Waals surface area contributed by atoms with Gasteiger partial charge in [0, 0.05) is 12.1 Å². The summed E-state index contributed by atoms with van der Waals surface area (Å²) in [5, 5.41) is 14.6. The third kappa shape index (κ3) is 6.03. The van der Waals surface area contributed by atoms with Crippen LogP contribution in [0.5, 0.6) is 17.2 Å². The summed E-state index contributed by atoms with van der Waals surface area (Å²) in [7, 11) is 0. The van der Waals surface area contributed by atoms with Crippen molar-refractivity contribution in [3.05, 3.63) is 110 Å². The summed E-state index contributed by atoms with van der Waals surface area (Å²) in [5.41, 5.74) is 2.82. The molecule has 0 unspecified atom stereocenters. The molecule has 9 heteroatoms. The second kappa shape index (κ2) is 10.5. The van der Waals surface area contributed by atoms with E-state index in [1.54, 1.807) is 12.1 Å². The first-order valence-electron chi connectivity index (χ1n) is 11.0. The molecule has 0 aliphatic rings. The van der Waals surface area contributed by atoms with E-state index in [1.165, 1.54) is 24.3 Å². The van der Waals surface area contributed by atoms with E-state index in [4.69, 9.17) is 25.5 Å². The third-order valence-electron chi connectivity index (χ3n) is 5.20. The molecule has 1 heterocycles. The Morgan fingerprint density at radius 2 is 1.72 bits per heavy atom. The van der Waals surface area contributed by atoms with Gasteiger partial charge in [-0.05, 0) is 67.8 Å². The van der Waals surface area contributed by atoms with Gasteiger partial charge in [-0.1, -0.05) is 29.8 Å².